The summed E-state index contributed by atoms with van der Waals surface area (Å²) >= 11 is 0. The van der Waals surface area contributed by atoms with Gasteiger partial charge in [-0.25, -0.2) is 0 Å². The van der Waals surface area contributed by atoms with E-state index in [4.69, 9.17) is 20.4 Å². The van der Waals surface area contributed by atoms with E-state index in [9.17, 15) is 19.2 Å². The number of rotatable bonds is 7. The first-order valence-electron chi connectivity index (χ1n) is 4.16. The molecule has 0 amide bonds. The summed E-state index contributed by atoms with van der Waals surface area (Å²) in [6.45, 7) is 0. The van der Waals surface area contributed by atoms with Crippen LogP contribution in [0.3, 0.4) is 0 Å². The van der Waals surface area contributed by atoms with Crippen LogP contribution in [-0.2, 0) is 19.2 Å². The first-order valence-corrected chi connectivity index (χ1v) is 4.16. The van der Waals surface area contributed by atoms with E-state index in [1.165, 1.54) is 0 Å². The Labute approximate surface area is 89.1 Å². The zero-order valence-electron chi connectivity index (χ0n) is 7.99. The molecule has 0 saturated carbocycles. The normalized spacial score (nSPS) is 12.1. The molecular formula is C8H10O8. The molecule has 16 heavy (non-hydrogen) atoms. The molecule has 0 aliphatic heterocycles. The Morgan fingerprint density at radius 1 is 0.812 bits per heavy atom. The fourth-order valence-electron chi connectivity index (χ4n) is 1.07. The molecule has 0 saturated heterocycles. The SMILES string of the molecule is O=C(O)CC(CC(C(=O)O)C(=O)O)C(=O)O. The lowest BCUT2D eigenvalue weighted by molar-refractivity contribution is -0.158. The Bertz CT molecular complexity index is 306. The molecule has 1 unspecified atom stereocenters. The van der Waals surface area contributed by atoms with E-state index in [1.807, 2.05) is 0 Å². The Kier molecular flexibility index (Phi) is 4.93. The highest BCUT2D eigenvalue weighted by Gasteiger charge is 2.33. The molecule has 0 aliphatic rings. The van der Waals surface area contributed by atoms with Crippen LogP contribution in [0.5, 0.6) is 0 Å². The van der Waals surface area contributed by atoms with Gasteiger partial charge in [0.15, 0.2) is 5.92 Å². The molecule has 0 aromatic heterocycles. The highest BCUT2D eigenvalue weighted by atomic mass is 16.4. The Morgan fingerprint density at radius 3 is 1.50 bits per heavy atom. The van der Waals surface area contributed by atoms with Crippen LogP contribution in [0.1, 0.15) is 12.8 Å². The quantitative estimate of drug-likeness (QED) is 0.424. The van der Waals surface area contributed by atoms with Crippen molar-refractivity contribution < 1.29 is 39.6 Å². The Balaban J connectivity index is 4.71. The topological polar surface area (TPSA) is 149 Å². The van der Waals surface area contributed by atoms with Gasteiger partial charge in [-0.2, -0.15) is 0 Å². The molecule has 1 atom stereocenters. The van der Waals surface area contributed by atoms with Gasteiger partial charge in [0.25, 0.3) is 0 Å². The number of hydrogen-bond donors (Lipinski definition) is 4. The molecular weight excluding hydrogens is 224 g/mol. The van der Waals surface area contributed by atoms with Crippen LogP contribution in [0.25, 0.3) is 0 Å². The largest absolute Gasteiger partial charge is 0.481 e. The van der Waals surface area contributed by atoms with Crippen LogP contribution in [0.4, 0.5) is 0 Å². The molecule has 0 aromatic carbocycles. The standard InChI is InChI=1S/C8H10O8/c9-5(10)2-3(6(11)12)1-4(7(13)14)8(15)16/h3-4H,1-2H2,(H,9,10)(H,11,12)(H,13,14)(H,15,16). The Hall–Kier alpha value is -2.12. The van der Waals surface area contributed by atoms with Gasteiger partial charge in [-0.15, -0.1) is 0 Å². The molecule has 0 aliphatic carbocycles. The van der Waals surface area contributed by atoms with E-state index in [0.29, 0.717) is 0 Å². The summed E-state index contributed by atoms with van der Waals surface area (Å²) in [7, 11) is 0. The van der Waals surface area contributed by atoms with Gasteiger partial charge in [0.2, 0.25) is 0 Å². The monoisotopic (exact) mass is 234 g/mol. The molecule has 0 fully saturated rings. The van der Waals surface area contributed by atoms with E-state index < -0.39 is 48.6 Å². The lowest BCUT2D eigenvalue weighted by atomic mass is 9.92. The highest BCUT2D eigenvalue weighted by molar-refractivity contribution is 5.93. The molecule has 0 spiro atoms. The van der Waals surface area contributed by atoms with E-state index in [-0.39, 0.29) is 0 Å². The lowest BCUT2D eigenvalue weighted by Gasteiger charge is -2.12. The van der Waals surface area contributed by atoms with Crippen LogP contribution in [-0.4, -0.2) is 44.3 Å². The minimum absolute atomic E-state index is 0.758. The van der Waals surface area contributed by atoms with E-state index >= 15 is 0 Å². The maximum Gasteiger partial charge on any atom is 0.317 e. The zero-order chi connectivity index (χ0) is 12.9. The minimum Gasteiger partial charge on any atom is -0.481 e. The van der Waals surface area contributed by atoms with Crippen molar-refractivity contribution >= 4 is 23.9 Å². The van der Waals surface area contributed by atoms with Gasteiger partial charge < -0.3 is 20.4 Å². The van der Waals surface area contributed by atoms with Gasteiger partial charge in [-0.05, 0) is 6.42 Å². The van der Waals surface area contributed by atoms with Crippen molar-refractivity contribution in [3.05, 3.63) is 0 Å². The second-order valence-corrected chi connectivity index (χ2v) is 3.10. The molecule has 0 bridgehead atoms. The summed E-state index contributed by atoms with van der Waals surface area (Å²) < 4.78 is 0. The predicted molar refractivity (Wildman–Crippen MR) is 46.8 cm³/mol. The van der Waals surface area contributed by atoms with Crippen molar-refractivity contribution in [1.82, 2.24) is 0 Å². The molecule has 4 N–H and O–H groups in total. The summed E-state index contributed by atoms with van der Waals surface area (Å²) in [4.78, 5) is 41.8. The van der Waals surface area contributed by atoms with Crippen LogP contribution >= 0.6 is 0 Å². The van der Waals surface area contributed by atoms with Gasteiger partial charge in [0.05, 0.1) is 12.3 Å². The fourth-order valence-corrected chi connectivity index (χ4v) is 1.07. The van der Waals surface area contributed by atoms with Gasteiger partial charge in [-0.1, -0.05) is 0 Å². The maximum atomic E-state index is 10.6. The second-order valence-electron chi connectivity index (χ2n) is 3.10. The van der Waals surface area contributed by atoms with E-state index in [1.54, 1.807) is 0 Å². The van der Waals surface area contributed by atoms with Crippen LogP contribution in [0, 0.1) is 11.8 Å². The van der Waals surface area contributed by atoms with Crippen molar-refractivity contribution in [2.24, 2.45) is 11.8 Å². The van der Waals surface area contributed by atoms with Crippen LogP contribution < -0.4 is 0 Å². The number of carboxylic acid groups (broad SMARTS) is 4. The van der Waals surface area contributed by atoms with Crippen molar-refractivity contribution in [3.63, 3.8) is 0 Å². The number of hydrogen-bond acceptors (Lipinski definition) is 4. The third-order valence-corrected chi connectivity index (χ3v) is 1.89. The van der Waals surface area contributed by atoms with Crippen molar-refractivity contribution in [1.29, 1.82) is 0 Å². The molecule has 0 rings (SSSR count). The van der Waals surface area contributed by atoms with Gasteiger partial charge in [0, 0.05) is 0 Å². The summed E-state index contributed by atoms with van der Waals surface area (Å²) in [6.07, 6.45) is -1.57. The van der Waals surface area contributed by atoms with Crippen LogP contribution in [0.2, 0.25) is 0 Å². The zero-order valence-corrected chi connectivity index (χ0v) is 7.99. The van der Waals surface area contributed by atoms with Gasteiger partial charge >= 0.3 is 23.9 Å². The van der Waals surface area contributed by atoms with Crippen molar-refractivity contribution in [2.45, 2.75) is 12.8 Å². The lowest BCUT2D eigenvalue weighted by Crippen LogP contribution is -2.29. The molecule has 8 nitrogen and oxygen atoms in total. The van der Waals surface area contributed by atoms with Crippen LogP contribution in [0.15, 0.2) is 0 Å². The van der Waals surface area contributed by atoms with Crippen molar-refractivity contribution in [2.75, 3.05) is 0 Å². The molecule has 0 aromatic rings. The van der Waals surface area contributed by atoms with E-state index in [0.717, 1.165) is 0 Å². The highest BCUT2D eigenvalue weighted by Crippen LogP contribution is 2.17. The third kappa shape index (κ3) is 4.40. The Morgan fingerprint density at radius 2 is 1.25 bits per heavy atom. The summed E-state index contributed by atoms with van der Waals surface area (Å²) in [5.41, 5.74) is 0. The fraction of sp³-hybridized carbons (Fsp3) is 0.500. The van der Waals surface area contributed by atoms with E-state index in [2.05, 4.69) is 0 Å². The van der Waals surface area contributed by atoms with Gasteiger partial charge in [0.1, 0.15) is 0 Å². The number of aliphatic carboxylic acids is 4. The number of carbonyl (C=O) groups is 4. The molecule has 0 radical (unpaired) electrons. The second kappa shape index (κ2) is 5.69. The first kappa shape index (κ1) is 13.9. The van der Waals surface area contributed by atoms with Gasteiger partial charge in [-0.3, -0.25) is 19.2 Å². The third-order valence-electron chi connectivity index (χ3n) is 1.89. The summed E-state index contributed by atoms with van der Waals surface area (Å²) in [5, 5.41) is 33.9. The minimum atomic E-state index is -1.92. The predicted octanol–water partition coefficient (Wildman–Crippen LogP) is -0.663. The molecule has 0 heterocycles. The first-order chi connectivity index (χ1) is 7.25. The summed E-state index contributed by atoms with van der Waals surface area (Å²) in [6, 6.07) is 0. The molecule has 8 heteroatoms. The average molecular weight is 234 g/mol. The smallest absolute Gasteiger partial charge is 0.317 e. The average Bonchev–Trinajstić information content (AvgIpc) is 2.09. The summed E-state index contributed by atoms with van der Waals surface area (Å²) in [5.74, 6) is -9.79. The van der Waals surface area contributed by atoms with Crippen molar-refractivity contribution in [3.8, 4) is 0 Å². The maximum absolute atomic E-state index is 10.6. The molecule has 90 valence electrons. The number of carboxylic acids is 4.